The second-order valence-electron chi connectivity index (χ2n) is 4.76. The summed E-state index contributed by atoms with van der Waals surface area (Å²) in [5, 5.41) is 8.79. The Labute approximate surface area is 115 Å². The number of pyridine rings is 1. The fourth-order valence-corrected chi connectivity index (χ4v) is 2.55. The molecule has 6 heteroatoms. The highest BCUT2D eigenvalue weighted by Crippen LogP contribution is 2.25. The van der Waals surface area contributed by atoms with Crippen LogP contribution in [0.2, 0.25) is 0 Å². The van der Waals surface area contributed by atoms with Gasteiger partial charge >= 0.3 is 0 Å². The summed E-state index contributed by atoms with van der Waals surface area (Å²) in [6.45, 7) is 5.26. The largest absolute Gasteiger partial charge is 0.360 e. The number of nitrogens with one attached hydrogen (secondary N) is 1. The van der Waals surface area contributed by atoms with Crippen molar-refractivity contribution in [3.8, 4) is 11.3 Å². The molecule has 0 spiro atoms. The molecule has 0 saturated heterocycles. The molecule has 0 amide bonds. The van der Waals surface area contributed by atoms with Crippen LogP contribution >= 0.6 is 11.3 Å². The van der Waals surface area contributed by atoms with Gasteiger partial charge in [-0.2, -0.15) is 0 Å². The Balaban J connectivity index is 1.94. The monoisotopic (exact) mass is 273 g/mol. The van der Waals surface area contributed by atoms with Crippen molar-refractivity contribution < 1.29 is 0 Å². The first kappa shape index (κ1) is 12.1. The summed E-state index contributed by atoms with van der Waals surface area (Å²) in [4.78, 5) is 9.42. The zero-order chi connectivity index (χ0) is 13.2. The van der Waals surface area contributed by atoms with E-state index >= 15 is 0 Å². The van der Waals surface area contributed by atoms with E-state index in [1.54, 1.807) is 17.5 Å². The van der Waals surface area contributed by atoms with Gasteiger partial charge in [-0.05, 0) is 18.1 Å². The van der Waals surface area contributed by atoms with Crippen molar-refractivity contribution in [3.05, 3.63) is 30.7 Å². The molecule has 0 atom stereocenters. The van der Waals surface area contributed by atoms with E-state index in [-0.39, 0.29) is 0 Å². The Hall–Kier alpha value is -1.95. The first-order chi connectivity index (χ1) is 9.24. The van der Waals surface area contributed by atoms with E-state index in [1.165, 1.54) is 0 Å². The van der Waals surface area contributed by atoms with Crippen molar-refractivity contribution in [1.29, 1.82) is 0 Å². The van der Waals surface area contributed by atoms with Crippen molar-refractivity contribution in [2.45, 2.75) is 13.8 Å². The minimum Gasteiger partial charge on any atom is -0.360 e. The Bertz CT molecular complexity index is 671. The topological polar surface area (TPSA) is 55.1 Å². The quantitative estimate of drug-likeness (QED) is 0.794. The van der Waals surface area contributed by atoms with Crippen LogP contribution in [0.4, 0.5) is 5.13 Å². The van der Waals surface area contributed by atoms with Crippen LogP contribution in [-0.4, -0.2) is 26.1 Å². The van der Waals surface area contributed by atoms with Gasteiger partial charge in [0.2, 0.25) is 10.1 Å². The lowest BCUT2D eigenvalue weighted by molar-refractivity contribution is 0.687. The maximum Gasteiger partial charge on any atom is 0.214 e. The van der Waals surface area contributed by atoms with Gasteiger partial charge in [0.05, 0.1) is 11.9 Å². The third kappa shape index (κ3) is 2.44. The summed E-state index contributed by atoms with van der Waals surface area (Å²) >= 11 is 1.56. The molecule has 0 saturated carbocycles. The Morgan fingerprint density at radius 2 is 2.26 bits per heavy atom. The number of rotatable bonds is 4. The zero-order valence-electron chi connectivity index (χ0n) is 10.9. The SMILES string of the molecule is CC(C)CNc1nn2c(-c3cccnc3)cnc2s1. The maximum absolute atomic E-state index is 4.55. The predicted octanol–water partition coefficient (Wildman–Crippen LogP) is 2.92. The highest BCUT2D eigenvalue weighted by Gasteiger charge is 2.11. The molecule has 0 fully saturated rings. The molecule has 1 N–H and O–H groups in total. The average molecular weight is 273 g/mol. The van der Waals surface area contributed by atoms with Crippen LogP contribution in [0, 0.1) is 5.92 Å². The molecule has 19 heavy (non-hydrogen) atoms. The van der Waals surface area contributed by atoms with Gasteiger partial charge in [0.1, 0.15) is 0 Å². The molecule has 0 radical (unpaired) electrons. The third-order valence-electron chi connectivity index (χ3n) is 2.70. The second kappa shape index (κ2) is 4.97. The zero-order valence-corrected chi connectivity index (χ0v) is 11.7. The van der Waals surface area contributed by atoms with E-state index in [0.29, 0.717) is 5.92 Å². The number of fused-ring (bicyclic) bond motifs is 1. The first-order valence-electron chi connectivity index (χ1n) is 6.23. The summed E-state index contributed by atoms with van der Waals surface area (Å²) in [6, 6.07) is 3.93. The first-order valence-corrected chi connectivity index (χ1v) is 7.04. The van der Waals surface area contributed by atoms with E-state index in [0.717, 1.165) is 27.9 Å². The van der Waals surface area contributed by atoms with E-state index in [2.05, 4.69) is 34.2 Å². The van der Waals surface area contributed by atoms with Crippen LogP contribution in [0.5, 0.6) is 0 Å². The molecule has 0 aliphatic carbocycles. The van der Waals surface area contributed by atoms with E-state index in [4.69, 9.17) is 0 Å². The van der Waals surface area contributed by atoms with Crippen molar-refractivity contribution in [2.24, 2.45) is 5.92 Å². The molecule has 3 heterocycles. The molecular weight excluding hydrogens is 258 g/mol. The maximum atomic E-state index is 4.55. The lowest BCUT2D eigenvalue weighted by atomic mass is 10.2. The van der Waals surface area contributed by atoms with Gasteiger partial charge in [0.15, 0.2) is 0 Å². The molecule has 0 unspecified atom stereocenters. The van der Waals surface area contributed by atoms with E-state index < -0.39 is 0 Å². The Morgan fingerprint density at radius 1 is 1.37 bits per heavy atom. The third-order valence-corrected chi connectivity index (χ3v) is 3.58. The van der Waals surface area contributed by atoms with Gasteiger partial charge in [-0.1, -0.05) is 25.2 Å². The highest BCUT2D eigenvalue weighted by atomic mass is 32.1. The molecule has 0 aliphatic heterocycles. The average Bonchev–Trinajstić information content (AvgIpc) is 2.96. The van der Waals surface area contributed by atoms with Gasteiger partial charge in [-0.15, -0.1) is 5.10 Å². The summed E-state index contributed by atoms with van der Waals surface area (Å²) in [5.74, 6) is 0.592. The van der Waals surface area contributed by atoms with Crippen LogP contribution in [0.15, 0.2) is 30.7 Å². The number of aromatic nitrogens is 4. The fourth-order valence-electron chi connectivity index (χ4n) is 1.77. The molecule has 0 aromatic carbocycles. The molecular formula is C13H15N5S. The van der Waals surface area contributed by atoms with Crippen LogP contribution in [0.3, 0.4) is 0 Å². The predicted molar refractivity (Wildman–Crippen MR) is 77.4 cm³/mol. The minimum atomic E-state index is 0.592. The molecule has 5 nitrogen and oxygen atoms in total. The van der Waals surface area contributed by atoms with Crippen LogP contribution in [-0.2, 0) is 0 Å². The molecule has 0 aliphatic rings. The van der Waals surface area contributed by atoms with Gasteiger partial charge in [0, 0.05) is 24.5 Å². The summed E-state index contributed by atoms with van der Waals surface area (Å²) in [6.07, 6.45) is 5.42. The highest BCUT2D eigenvalue weighted by molar-refractivity contribution is 7.20. The molecule has 0 bridgehead atoms. The number of nitrogens with zero attached hydrogens (tertiary/aromatic N) is 4. The van der Waals surface area contributed by atoms with Gasteiger partial charge < -0.3 is 5.32 Å². The summed E-state index contributed by atoms with van der Waals surface area (Å²) in [5.41, 5.74) is 1.99. The smallest absolute Gasteiger partial charge is 0.214 e. The van der Waals surface area contributed by atoms with E-state index in [9.17, 15) is 0 Å². The minimum absolute atomic E-state index is 0.592. The number of hydrogen-bond donors (Lipinski definition) is 1. The van der Waals surface area contributed by atoms with E-state index in [1.807, 2.05) is 29.0 Å². The fraction of sp³-hybridized carbons (Fsp3) is 0.308. The lowest BCUT2D eigenvalue weighted by Crippen LogP contribution is -2.07. The summed E-state index contributed by atoms with van der Waals surface area (Å²) < 4.78 is 1.87. The molecule has 3 rings (SSSR count). The van der Waals surface area contributed by atoms with Gasteiger partial charge in [-0.25, -0.2) is 9.50 Å². The molecule has 3 aromatic rings. The summed E-state index contributed by atoms with van der Waals surface area (Å²) in [7, 11) is 0. The van der Waals surface area contributed by atoms with Gasteiger partial charge in [0.25, 0.3) is 0 Å². The normalized spacial score (nSPS) is 11.3. The van der Waals surface area contributed by atoms with Crippen LogP contribution in [0.25, 0.3) is 16.2 Å². The van der Waals surface area contributed by atoms with Crippen molar-refractivity contribution in [1.82, 2.24) is 19.6 Å². The number of anilines is 1. The van der Waals surface area contributed by atoms with Crippen molar-refractivity contribution >= 4 is 21.4 Å². The number of hydrogen-bond acceptors (Lipinski definition) is 5. The number of imidazole rings is 1. The molecule has 98 valence electrons. The second-order valence-corrected chi connectivity index (χ2v) is 5.72. The molecule has 3 aromatic heterocycles. The lowest BCUT2D eigenvalue weighted by Gasteiger charge is -2.03. The van der Waals surface area contributed by atoms with Crippen molar-refractivity contribution in [2.75, 3.05) is 11.9 Å². The Kier molecular flexibility index (Phi) is 3.16. The standard InChI is InChI=1S/C13H15N5S/c1-9(2)6-15-12-17-18-11(8-16-13(18)19-12)10-4-3-5-14-7-10/h3-5,7-9H,6H2,1-2H3,(H,15,17). The van der Waals surface area contributed by atoms with Crippen LogP contribution in [0.1, 0.15) is 13.8 Å². The van der Waals surface area contributed by atoms with Crippen LogP contribution < -0.4 is 5.32 Å². The Morgan fingerprint density at radius 3 is 3.00 bits per heavy atom. The van der Waals surface area contributed by atoms with Crippen molar-refractivity contribution in [3.63, 3.8) is 0 Å². The van der Waals surface area contributed by atoms with Gasteiger partial charge in [-0.3, -0.25) is 4.98 Å².